The second-order valence-electron chi connectivity index (χ2n) is 5.13. The number of ether oxygens (including phenoxy) is 1. The van der Waals surface area contributed by atoms with Crippen LogP contribution in [0.25, 0.3) is 0 Å². The van der Waals surface area contributed by atoms with E-state index in [0.717, 1.165) is 16.9 Å². The lowest BCUT2D eigenvalue weighted by Crippen LogP contribution is -2.19. The van der Waals surface area contributed by atoms with Crippen LogP contribution in [0.3, 0.4) is 0 Å². The minimum absolute atomic E-state index is 0.0851. The molecule has 0 aliphatic heterocycles. The summed E-state index contributed by atoms with van der Waals surface area (Å²) >= 11 is 5.86. The largest absolute Gasteiger partial charge is 0.496 e. The van der Waals surface area contributed by atoms with Gasteiger partial charge in [0.25, 0.3) is 0 Å². The molecule has 0 fully saturated rings. The molecule has 0 bridgehead atoms. The molecule has 0 heterocycles. The summed E-state index contributed by atoms with van der Waals surface area (Å²) in [6.07, 6.45) is 0. The topological polar surface area (TPSA) is 21.3 Å². The summed E-state index contributed by atoms with van der Waals surface area (Å²) in [6.45, 7) is 4.63. The average Bonchev–Trinajstić information content (AvgIpc) is 2.43. The fraction of sp³-hybridized carbons (Fsp3) is 0.294. The quantitative estimate of drug-likeness (QED) is 0.868. The van der Waals surface area contributed by atoms with E-state index in [0.29, 0.717) is 11.6 Å². The lowest BCUT2D eigenvalue weighted by Gasteiger charge is -2.18. The third kappa shape index (κ3) is 4.19. The Morgan fingerprint density at radius 3 is 2.67 bits per heavy atom. The van der Waals surface area contributed by atoms with E-state index < -0.39 is 0 Å². The normalized spacial score (nSPS) is 12.2. The fourth-order valence-corrected chi connectivity index (χ4v) is 2.53. The molecule has 1 atom stereocenters. The number of nitrogens with one attached hydrogen (secondary N) is 1. The van der Waals surface area contributed by atoms with Crippen molar-refractivity contribution in [1.82, 2.24) is 5.32 Å². The van der Waals surface area contributed by atoms with Crippen molar-refractivity contribution in [2.24, 2.45) is 0 Å². The molecule has 0 aliphatic carbocycles. The van der Waals surface area contributed by atoms with E-state index in [9.17, 15) is 4.39 Å². The van der Waals surface area contributed by atoms with Gasteiger partial charge >= 0.3 is 0 Å². The number of methoxy groups -OCH3 is 1. The predicted octanol–water partition coefficient (Wildman–Crippen LogP) is 4.65. The molecule has 0 amide bonds. The number of hydrogen-bond acceptors (Lipinski definition) is 2. The van der Waals surface area contributed by atoms with E-state index in [1.807, 2.05) is 19.1 Å². The van der Waals surface area contributed by atoms with Gasteiger partial charge in [-0.25, -0.2) is 4.39 Å². The van der Waals surface area contributed by atoms with Gasteiger partial charge in [-0.2, -0.15) is 0 Å². The molecule has 0 aromatic heterocycles. The number of rotatable bonds is 5. The van der Waals surface area contributed by atoms with Gasteiger partial charge in [-0.3, -0.25) is 0 Å². The summed E-state index contributed by atoms with van der Waals surface area (Å²) in [5, 5.41) is 3.78. The monoisotopic (exact) mass is 307 g/mol. The Morgan fingerprint density at radius 2 is 2.00 bits per heavy atom. The molecule has 0 spiro atoms. The number of aryl methyl sites for hydroxylation is 1. The van der Waals surface area contributed by atoms with E-state index in [1.54, 1.807) is 13.2 Å². The summed E-state index contributed by atoms with van der Waals surface area (Å²) in [4.78, 5) is 0. The smallest absolute Gasteiger partial charge is 0.125 e. The Kier molecular flexibility index (Phi) is 5.21. The minimum Gasteiger partial charge on any atom is -0.496 e. The zero-order chi connectivity index (χ0) is 15.4. The Bertz CT molecular complexity index is 610. The second kappa shape index (κ2) is 6.92. The highest BCUT2D eigenvalue weighted by molar-refractivity contribution is 6.30. The first kappa shape index (κ1) is 15.8. The summed E-state index contributed by atoms with van der Waals surface area (Å²) in [5.74, 6) is 0.526. The fourth-order valence-electron chi connectivity index (χ4n) is 2.29. The van der Waals surface area contributed by atoms with E-state index in [2.05, 4.69) is 18.3 Å². The maximum absolute atomic E-state index is 13.3. The molecule has 1 N–H and O–H groups in total. The first-order chi connectivity index (χ1) is 9.99. The molecule has 4 heteroatoms. The predicted molar refractivity (Wildman–Crippen MR) is 84.4 cm³/mol. The Labute approximate surface area is 129 Å². The van der Waals surface area contributed by atoms with Gasteiger partial charge in [-0.05, 0) is 43.7 Å². The van der Waals surface area contributed by atoms with Crippen LogP contribution in [0.4, 0.5) is 4.39 Å². The number of benzene rings is 2. The van der Waals surface area contributed by atoms with Gasteiger partial charge in [0.2, 0.25) is 0 Å². The minimum atomic E-state index is -0.319. The zero-order valence-electron chi connectivity index (χ0n) is 12.4. The molecule has 0 saturated heterocycles. The molecule has 0 saturated carbocycles. The summed E-state index contributed by atoms with van der Waals surface area (Å²) in [5.41, 5.74) is 3.08. The van der Waals surface area contributed by atoms with Crippen molar-refractivity contribution in [3.63, 3.8) is 0 Å². The van der Waals surface area contributed by atoms with Crippen LogP contribution < -0.4 is 10.1 Å². The van der Waals surface area contributed by atoms with Crippen LogP contribution in [0.5, 0.6) is 5.75 Å². The Hall–Kier alpha value is -1.58. The van der Waals surface area contributed by atoms with Crippen LogP contribution in [0, 0.1) is 12.7 Å². The molecule has 0 aliphatic rings. The molecular weight excluding hydrogens is 289 g/mol. The van der Waals surface area contributed by atoms with Crippen molar-refractivity contribution in [1.29, 1.82) is 0 Å². The molecule has 2 aromatic rings. The summed E-state index contributed by atoms with van der Waals surface area (Å²) in [6, 6.07) is 10.7. The lowest BCUT2D eigenvalue weighted by atomic mass is 10.0. The standard InChI is InChI=1S/C17H19ClFNO/c1-11-4-5-17(21-3)16(6-11)12(2)20-10-13-7-14(18)9-15(19)8-13/h4-9,12,20H,10H2,1-3H3. The van der Waals surface area contributed by atoms with Gasteiger partial charge in [0, 0.05) is 23.2 Å². The molecule has 0 radical (unpaired) electrons. The van der Waals surface area contributed by atoms with Gasteiger partial charge < -0.3 is 10.1 Å². The lowest BCUT2D eigenvalue weighted by molar-refractivity contribution is 0.401. The zero-order valence-corrected chi connectivity index (χ0v) is 13.2. The highest BCUT2D eigenvalue weighted by Gasteiger charge is 2.11. The third-order valence-corrected chi connectivity index (χ3v) is 3.60. The van der Waals surface area contributed by atoms with E-state index in [-0.39, 0.29) is 11.9 Å². The Balaban J connectivity index is 2.11. The molecule has 2 aromatic carbocycles. The Morgan fingerprint density at radius 1 is 1.24 bits per heavy atom. The van der Waals surface area contributed by atoms with Gasteiger partial charge in [0.05, 0.1) is 7.11 Å². The maximum Gasteiger partial charge on any atom is 0.125 e. The van der Waals surface area contributed by atoms with E-state index >= 15 is 0 Å². The molecule has 21 heavy (non-hydrogen) atoms. The van der Waals surface area contributed by atoms with Crippen LogP contribution in [0.15, 0.2) is 36.4 Å². The van der Waals surface area contributed by atoms with Gasteiger partial charge in [-0.1, -0.05) is 29.3 Å². The molecule has 2 rings (SSSR count). The molecule has 112 valence electrons. The van der Waals surface area contributed by atoms with Crippen molar-refractivity contribution in [3.8, 4) is 5.75 Å². The number of halogens is 2. The summed E-state index contributed by atoms with van der Waals surface area (Å²) in [7, 11) is 1.66. The van der Waals surface area contributed by atoms with Gasteiger partial charge in [0.1, 0.15) is 11.6 Å². The van der Waals surface area contributed by atoms with Crippen LogP contribution in [-0.4, -0.2) is 7.11 Å². The van der Waals surface area contributed by atoms with E-state index in [4.69, 9.17) is 16.3 Å². The first-order valence-corrected chi connectivity index (χ1v) is 7.20. The second-order valence-corrected chi connectivity index (χ2v) is 5.56. The highest BCUT2D eigenvalue weighted by Crippen LogP contribution is 2.26. The van der Waals surface area contributed by atoms with E-state index in [1.165, 1.54) is 17.7 Å². The molecular formula is C17H19ClFNO. The third-order valence-electron chi connectivity index (χ3n) is 3.39. The van der Waals surface area contributed by atoms with Crippen molar-refractivity contribution in [2.75, 3.05) is 7.11 Å². The van der Waals surface area contributed by atoms with Crippen LogP contribution in [0.2, 0.25) is 5.02 Å². The van der Waals surface area contributed by atoms with Crippen molar-refractivity contribution >= 4 is 11.6 Å². The average molecular weight is 308 g/mol. The van der Waals surface area contributed by atoms with Crippen LogP contribution in [-0.2, 0) is 6.54 Å². The number of hydrogen-bond donors (Lipinski definition) is 1. The van der Waals surface area contributed by atoms with Gasteiger partial charge in [-0.15, -0.1) is 0 Å². The molecule has 2 nitrogen and oxygen atoms in total. The van der Waals surface area contributed by atoms with Crippen LogP contribution in [0.1, 0.15) is 29.7 Å². The van der Waals surface area contributed by atoms with Crippen molar-refractivity contribution < 1.29 is 9.13 Å². The van der Waals surface area contributed by atoms with Crippen molar-refractivity contribution in [3.05, 3.63) is 63.9 Å². The first-order valence-electron chi connectivity index (χ1n) is 6.82. The molecule has 1 unspecified atom stereocenters. The van der Waals surface area contributed by atoms with Gasteiger partial charge in [0.15, 0.2) is 0 Å². The van der Waals surface area contributed by atoms with Crippen LogP contribution >= 0.6 is 11.6 Å². The summed E-state index contributed by atoms with van der Waals surface area (Å²) < 4.78 is 18.7. The van der Waals surface area contributed by atoms with Crippen molar-refractivity contribution in [2.45, 2.75) is 26.4 Å². The highest BCUT2D eigenvalue weighted by atomic mass is 35.5. The SMILES string of the molecule is COc1ccc(C)cc1C(C)NCc1cc(F)cc(Cl)c1. The maximum atomic E-state index is 13.3.